The molecule has 0 aromatic heterocycles. The molecule has 0 bridgehead atoms. The van der Waals surface area contributed by atoms with Crippen LogP contribution >= 0.6 is 0 Å². The molecule has 1 N–H and O–H groups in total. The molecular weight excluding hydrogens is 612 g/mol. The van der Waals surface area contributed by atoms with Crippen LogP contribution in [-0.4, -0.2) is 50.1 Å². The maximum Gasteiger partial charge on any atom is 0.418 e. The Morgan fingerprint density at radius 1 is 0.761 bits per heavy atom. The fraction of sp³-hybridized carbons (Fsp3) is 0.235. The number of benzene rings is 4. The van der Waals surface area contributed by atoms with Crippen LogP contribution in [0.3, 0.4) is 0 Å². The highest BCUT2D eigenvalue weighted by molar-refractivity contribution is 6.09. The quantitative estimate of drug-likeness (QED) is 0.166. The first-order valence-corrected chi connectivity index (χ1v) is 14.3. The molecule has 1 amide bonds. The van der Waals surface area contributed by atoms with E-state index in [4.69, 9.17) is 4.74 Å². The van der Waals surface area contributed by atoms with Crippen molar-refractivity contribution >= 4 is 23.3 Å². The maximum atomic E-state index is 14.3. The molecule has 1 aliphatic heterocycles. The second-order valence-electron chi connectivity index (χ2n) is 10.7. The van der Waals surface area contributed by atoms with E-state index in [0.29, 0.717) is 37.4 Å². The highest BCUT2D eigenvalue weighted by Crippen LogP contribution is 2.39. The van der Waals surface area contributed by atoms with E-state index >= 15 is 0 Å². The van der Waals surface area contributed by atoms with Gasteiger partial charge in [0.1, 0.15) is 6.04 Å². The number of ether oxygens (including phenoxy) is 1. The number of esters is 1. The Balaban J connectivity index is 1.35. The van der Waals surface area contributed by atoms with Crippen LogP contribution in [0.15, 0.2) is 97.1 Å². The molecule has 1 fully saturated rings. The number of rotatable bonds is 7. The number of amides is 1. The van der Waals surface area contributed by atoms with Crippen LogP contribution in [-0.2, 0) is 21.9 Å². The molecule has 6 nitrogen and oxygen atoms in total. The summed E-state index contributed by atoms with van der Waals surface area (Å²) in [6, 6.07) is 22.2. The summed E-state index contributed by atoms with van der Waals surface area (Å²) in [6.45, 7) is 1.44. The minimum Gasteiger partial charge on any atom is -0.468 e. The van der Waals surface area contributed by atoms with Gasteiger partial charge in [-0.2, -0.15) is 26.3 Å². The van der Waals surface area contributed by atoms with E-state index in [-0.39, 0.29) is 11.1 Å². The largest absolute Gasteiger partial charge is 0.468 e. The number of halogens is 6. The van der Waals surface area contributed by atoms with Crippen LogP contribution in [0.25, 0.3) is 11.1 Å². The molecule has 1 heterocycles. The first-order valence-electron chi connectivity index (χ1n) is 14.3. The van der Waals surface area contributed by atoms with Gasteiger partial charge in [0.15, 0.2) is 0 Å². The summed E-state index contributed by atoms with van der Waals surface area (Å²) in [5.41, 5.74) is -0.778. The molecule has 4 aromatic rings. The number of nitrogens with one attached hydrogen (secondary N) is 1. The van der Waals surface area contributed by atoms with Crippen LogP contribution in [0.5, 0.6) is 0 Å². The van der Waals surface area contributed by atoms with E-state index in [1.807, 2.05) is 35.2 Å². The van der Waals surface area contributed by atoms with Crippen molar-refractivity contribution in [2.24, 2.45) is 0 Å². The Hall–Kier alpha value is -4.84. The normalized spacial score (nSPS) is 14.9. The summed E-state index contributed by atoms with van der Waals surface area (Å²) in [6.07, 6.45) is -9.35. The Morgan fingerprint density at radius 2 is 1.39 bits per heavy atom. The third kappa shape index (κ3) is 7.17. The summed E-state index contributed by atoms with van der Waals surface area (Å²) in [4.78, 5) is 29.6. The van der Waals surface area contributed by atoms with Crippen molar-refractivity contribution in [2.75, 3.05) is 43.5 Å². The Kier molecular flexibility index (Phi) is 9.38. The molecule has 0 aliphatic carbocycles. The maximum absolute atomic E-state index is 14.3. The highest BCUT2D eigenvalue weighted by Gasteiger charge is 2.36. The molecule has 1 saturated heterocycles. The van der Waals surface area contributed by atoms with Crippen LogP contribution in [0.2, 0.25) is 0 Å². The number of methoxy groups -OCH3 is 1. The van der Waals surface area contributed by atoms with Gasteiger partial charge in [0.25, 0.3) is 5.91 Å². The summed E-state index contributed by atoms with van der Waals surface area (Å²) < 4.78 is 87.0. The Bertz CT molecular complexity index is 1680. The van der Waals surface area contributed by atoms with Crippen molar-refractivity contribution < 1.29 is 40.7 Å². The van der Waals surface area contributed by atoms with Crippen LogP contribution in [0.1, 0.15) is 33.1 Å². The van der Waals surface area contributed by atoms with Gasteiger partial charge >= 0.3 is 18.3 Å². The van der Waals surface area contributed by atoms with Crippen molar-refractivity contribution in [3.8, 4) is 11.1 Å². The molecule has 0 saturated carbocycles. The lowest BCUT2D eigenvalue weighted by atomic mass is 9.98. The van der Waals surface area contributed by atoms with E-state index in [9.17, 15) is 35.9 Å². The zero-order valence-electron chi connectivity index (χ0n) is 24.5. The van der Waals surface area contributed by atoms with Gasteiger partial charge in [-0.3, -0.25) is 9.69 Å². The SMILES string of the molecule is COC(=O)C(c1ccccc1)N1CCN(c2ccc(NC(=O)c3ccccc3-c3ccc(C(F)(F)F)cc3)c(C(F)(F)F)c2)CC1. The number of anilines is 2. The van der Waals surface area contributed by atoms with Crippen molar-refractivity contribution in [2.45, 2.75) is 18.4 Å². The van der Waals surface area contributed by atoms with Gasteiger partial charge in [-0.25, -0.2) is 4.79 Å². The van der Waals surface area contributed by atoms with Crippen LogP contribution < -0.4 is 10.2 Å². The Labute approximate surface area is 261 Å². The average Bonchev–Trinajstić information content (AvgIpc) is 3.05. The molecular formula is C34H29F6N3O3. The molecule has 0 spiro atoms. The van der Waals surface area contributed by atoms with Gasteiger partial charge in [-0.15, -0.1) is 0 Å². The lowest BCUT2D eigenvalue weighted by Gasteiger charge is -2.39. The minimum atomic E-state index is -4.81. The molecule has 12 heteroatoms. The van der Waals surface area contributed by atoms with Crippen LogP contribution in [0, 0.1) is 0 Å². The van der Waals surface area contributed by atoms with Crippen molar-refractivity contribution in [1.82, 2.24) is 4.90 Å². The van der Waals surface area contributed by atoms with Crippen molar-refractivity contribution in [3.63, 3.8) is 0 Å². The standard InChI is InChI=1S/C34H29F6N3O3/c1-46-32(45)30(23-7-3-2-4-8-23)43-19-17-42(18-20-43)25-15-16-29(28(21-25)34(38,39)40)41-31(44)27-10-6-5-9-26(27)22-11-13-24(14-12-22)33(35,36)37/h2-16,21,30H,17-20H2,1H3,(H,41,44). The fourth-order valence-corrected chi connectivity index (χ4v) is 5.51. The van der Waals surface area contributed by atoms with Crippen molar-refractivity contribution in [1.29, 1.82) is 0 Å². The lowest BCUT2D eigenvalue weighted by Crippen LogP contribution is -2.49. The Morgan fingerprint density at radius 3 is 2.00 bits per heavy atom. The van der Waals surface area contributed by atoms with E-state index < -0.39 is 47.1 Å². The third-order valence-corrected chi connectivity index (χ3v) is 7.84. The second-order valence-corrected chi connectivity index (χ2v) is 10.7. The van der Waals surface area contributed by atoms with E-state index in [2.05, 4.69) is 5.32 Å². The molecule has 1 unspecified atom stereocenters. The zero-order valence-corrected chi connectivity index (χ0v) is 24.5. The van der Waals surface area contributed by atoms with Gasteiger partial charge in [-0.05, 0) is 53.1 Å². The second kappa shape index (κ2) is 13.3. The fourth-order valence-electron chi connectivity index (χ4n) is 5.51. The first kappa shape index (κ1) is 32.6. The predicted molar refractivity (Wildman–Crippen MR) is 161 cm³/mol. The van der Waals surface area contributed by atoms with Gasteiger partial charge in [0.05, 0.1) is 23.9 Å². The van der Waals surface area contributed by atoms with Gasteiger partial charge in [-0.1, -0.05) is 60.7 Å². The summed E-state index contributed by atoms with van der Waals surface area (Å²) >= 11 is 0. The predicted octanol–water partition coefficient (Wildman–Crippen LogP) is 7.68. The molecule has 1 atom stereocenters. The van der Waals surface area contributed by atoms with E-state index in [1.165, 1.54) is 49.6 Å². The molecule has 240 valence electrons. The molecule has 4 aromatic carbocycles. The summed E-state index contributed by atoms with van der Waals surface area (Å²) in [5, 5.41) is 2.35. The minimum absolute atomic E-state index is 0.00541. The first-order chi connectivity index (χ1) is 21.9. The smallest absolute Gasteiger partial charge is 0.418 e. The molecule has 46 heavy (non-hydrogen) atoms. The topological polar surface area (TPSA) is 61.9 Å². The van der Waals surface area contributed by atoms with Gasteiger partial charge in [0.2, 0.25) is 0 Å². The molecule has 5 rings (SSSR count). The van der Waals surface area contributed by atoms with E-state index in [0.717, 1.165) is 23.8 Å². The van der Waals surface area contributed by atoms with Gasteiger partial charge < -0.3 is 15.0 Å². The van der Waals surface area contributed by atoms with E-state index in [1.54, 1.807) is 11.0 Å². The average molecular weight is 642 g/mol. The number of hydrogen-bond acceptors (Lipinski definition) is 5. The monoisotopic (exact) mass is 641 g/mol. The number of nitrogens with zero attached hydrogens (tertiary/aromatic N) is 2. The number of hydrogen-bond donors (Lipinski definition) is 1. The molecule has 1 aliphatic rings. The number of alkyl halides is 6. The molecule has 0 radical (unpaired) electrons. The van der Waals surface area contributed by atoms with Crippen LogP contribution in [0.4, 0.5) is 37.7 Å². The summed E-state index contributed by atoms with van der Waals surface area (Å²) in [7, 11) is 1.31. The zero-order chi connectivity index (χ0) is 33.1. The number of carbonyl (C=O) groups excluding carboxylic acids is 2. The highest BCUT2D eigenvalue weighted by atomic mass is 19.4. The third-order valence-electron chi connectivity index (χ3n) is 7.84. The van der Waals surface area contributed by atoms with Crippen molar-refractivity contribution in [3.05, 3.63) is 119 Å². The summed E-state index contributed by atoms with van der Waals surface area (Å²) in [5.74, 6) is -1.28. The number of carbonyl (C=O) groups is 2. The van der Waals surface area contributed by atoms with Gasteiger partial charge in [0, 0.05) is 37.4 Å². The number of piperazine rings is 1. The lowest BCUT2D eigenvalue weighted by molar-refractivity contribution is -0.147.